The third-order valence-corrected chi connectivity index (χ3v) is 4.85. The Morgan fingerprint density at radius 2 is 1.81 bits per heavy atom. The Hall–Kier alpha value is -0.120. The Morgan fingerprint density at radius 1 is 1.00 bits per heavy atom. The van der Waals surface area contributed by atoms with Crippen LogP contribution >= 0.6 is 0 Å². The fraction of sp³-hybridized carbons (Fsp3) is 1.00. The summed E-state index contributed by atoms with van der Waals surface area (Å²) in [6, 6.07) is 1.80. The molecule has 3 saturated heterocycles. The minimum Gasteiger partial charge on any atom is -0.319 e. The highest BCUT2D eigenvalue weighted by Gasteiger charge is 2.41. The van der Waals surface area contributed by atoms with Crippen molar-refractivity contribution in [3.8, 4) is 0 Å². The van der Waals surface area contributed by atoms with Gasteiger partial charge in [-0.15, -0.1) is 0 Å². The molecule has 3 aliphatic heterocycles. The van der Waals surface area contributed by atoms with Crippen LogP contribution in [0.4, 0.5) is 0 Å². The summed E-state index contributed by atoms with van der Waals surface area (Å²) >= 11 is 0. The van der Waals surface area contributed by atoms with Gasteiger partial charge in [-0.05, 0) is 58.3 Å². The van der Waals surface area contributed by atoms with Crippen molar-refractivity contribution in [2.24, 2.45) is 5.92 Å². The summed E-state index contributed by atoms with van der Waals surface area (Å²) in [7, 11) is 2.08. The average molecular weight is 223 g/mol. The SMILES string of the molecule is CNCC1CCN(C2CCN3CCCC23)C1. The molecular weight excluding hydrogens is 198 g/mol. The molecule has 3 aliphatic rings. The van der Waals surface area contributed by atoms with Gasteiger partial charge in [0.15, 0.2) is 0 Å². The van der Waals surface area contributed by atoms with Crippen molar-refractivity contribution >= 4 is 0 Å². The summed E-state index contributed by atoms with van der Waals surface area (Å²) in [6.45, 7) is 6.63. The van der Waals surface area contributed by atoms with Crippen molar-refractivity contribution in [1.82, 2.24) is 15.1 Å². The smallest absolute Gasteiger partial charge is 0.0263 e. The van der Waals surface area contributed by atoms with Crippen LogP contribution in [0.15, 0.2) is 0 Å². The van der Waals surface area contributed by atoms with E-state index in [-0.39, 0.29) is 0 Å². The molecule has 3 heterocycles. The molecule has 16 heavy (non-hydrogen) atoms. The number of nitrogens with zero attached hydrogens (tertiary/aromatic N) is 2. The molecule has 0 bridgehead atoms. The molecule has 3 nitrogen and oxygen atoms in total. The van der Waals surface area contributed by atoms with Crippen LogP contribution in [0.5, 0.6) is 0 Å². The first-order chi connectivity index (χ1) is 7.88. The van der Waals surface area contributed by atoms with E-state index < -0.39 is 0 Å². The number of likely N-dealkylation sites (tertiary alicyclic amines) is 1. The Balaban J connectivity index is 1.58. The van der Waals surface area contributed by atoms with Crippen molar-refractivity contribution in [3.05, 3.63) is 0 Å². The van der Waals surface area contributed by atoms with E-state index in [2.05, 4.69) is 22.2 Å². The van der Waals surface area contributed by atoms with Crippen LogP contribution in [0.1, 0.15) is 25.7 Å². The maximum Gasteiger partial charge on any atom is 0.0263 e. The summed E-state index contributed by atoms with van der Waals surface area (Å²) in [4.78, 5) is 5.52. The first-order valence-electron chi connectivity index (χ1n) is 7.01. The third kappa shape index (κ3) is 1.89. The van der Waals surface area contributed by atoms with Gasteiger partial charge in [0.25, 0.3) is 0 Å². The molecule has 1 N–H and O–H groups in total. The van der Waals surface area contributed by atoms with Crippen molar-refractivity contribution in [3.63, 3.8) is 0 Å². The number of rotatable bonds is 3. The summed E-state index contributed by atoms with van der Waals surface area (Å²) in [5.41, 5.74) is 0. The van der Waals surface area contributed by atoms with Gasteiger partial charge in [-0.2, -0.15) is 0 Å². The standard InChI is InChI=1S/C13H25N3/c1-14-9-11-4-7-16(10-11)13-5-8-15-6-2-3-12(13)15/h11-14H,2-10H2,1H3. The third-order valence-electron chi connectivity index (χ3n) is 4.85. The van der Waals surface area contributed by atoms with Crippen LogP contribution < -0.4 is 5.32 Å². The van der Waals surface area contributed by atoms with Gasteiger partial charge < -0.3 is 5.32 Å². The van der Waals surface area contributed by atoms with Gasteiger partial charge in [-0.1, -0.05) is 0 Å². The van der Waals surface area contributed by atoms with Gasteiger partial charge in [0.2, 0.25) is 0 Å². The second-order valence-corrected chi connectivity index (χ2v) is 5.81. The first-order valence-corrected chi connectivity index (χ1v) is 7.01. The zero-order valence-electron chi connectivity index (χ0n) is 10.5. The molecule has 92 valence electrons. The molecule has 0 spiro atoms. The van der Waals surface area contributed by atoms with E-state index in [0.29, 0.717) is 0 Å². The van der Waals surface area contributed by atoms with Crippen LogP contribution in [0.25, 0.3) is 0 Å². The lowest BCUT2D eigenvalue weighted by Gasteiger charge is -2.29. The number of hydrogen-bond donors (Lipinski definition) is 1. The zero-order chi connectivity index (χ0) is 11.0. The van der Waals surface area contributed by atoms with E-state index in [1.807, 2.05) is 0 Å². The predicted molar refractivity (Wildman–Crippen MR) is 66.6 cm³/mol. The lowest BCUT2D eigenvalue weighted by Crippen LogP contribution is -2.41. The zero-order valence-corrected chi connectivity index (χ0v) is 10.5. The molecule has 0 aromatic rings. The highest BCUT2D eigenvalue weighted by molar-refractivity contribution is 4.98. The summed E-state index contributed by atoms with van der Waals surface area (Å²) < 4.78 is 0. The van der Waals surface area contributed by atoms with Crippen molar-refractivity contribution < 1.29 is 0 Å². The molecule has 0 aromatic carbocycles. The molecule has 3 fully saturated rings. The van der Waals surface area contributed by atoms with E-state index >= 15 is 0 Å². The van der Waals surface area contributed by atoms with Crippen molar-refractivity contribution in [2.45, 2.75) is 37.8 Å². The monoisotopic (exact) mass is 223 g/mol. The lowest BCUT2D eigenvalue weighted by atomic mass is 10.1. The molecule has 3 heteroatoms. The second-order valence-electron chi connectivity index (χ2n) is 5.81. The molecular formula is C13H25N3. The highest BCUT2D eigenvalue weighted by atomic mass is 15.3. The van der Waals surface area contributed by atoms with E-state index in [4.69, 9.17) is 0 Å². The summed E-state index contributed by atoms with van der Waals surface area (Å²) in [6.07, 6.45) is 5.73. The number of fused-ring (bicyclic) bond motifs is 1. The quantitative estimate of drug-likeness (QED) is 0.762. The maximum atomic E-state index is 3.33. The number of nitrogens with one attached hydrogen (secondary N) is 1. The fourth-order valence-electron chi connectivity index (χ4n) is 4.10. The molecule has 0 radical (unpaired) electrons. The van der Waals surface area contributed by atoms with Gasteiger partial charge >= 0.3 is 0 Å². The van der Waals surface area contributed by atoms with Gasteiger partial charge in [0.05, 0.1) is 0 Å². The molecule has 0 aliphatic carbocycles. The van der Waals surface area contributed by atoms with Gasteiger partial charge in [-0.3, -0.25) is 9.80 Å². The largest absolute Gasteiger partial charge is 0.319 e. The van der Waals surface area contributed by atoms with Crippen LogP contribution in [0.3, 0.4) is 0 Å². The van der Waals surface area contributed by atoms with Gasteiger partial charge in [0.1, 0.15) is 0 Å². The molecule has 3 unspecified atom stereocenters. The van der Waals surface area contributed by atoms with E-state index in [9.17, 15) is 0 Å². The average Bonchev–Trinajstić information content (AvgIpc) is 2.90. The lowest BCUT2D eigenvalue weighted by molar-refractivity contribution is 0.186. The van der Waals surface area contributed by atoms with Gasteiger partial charge in [0, 0.05) is 25.2 Å². The van der Waals surface area contributed by atoms with Crippen molar-refractivity contribution in [1.29, 1.82) is 0 Å². The van der Waals surface area contributed by atoms with E-state index in [0.717, 1.165) is 18.0 Å². The molecule has 3 atom stereocenters. The molecule has 0 aromatic heterocycles. The predicted octanol–water partition coefficient (Wildman–Crippen LogP) is 0.764. The van der Waals surface area contributed by atoms with E-state index in [1.54, 1.807) is 0 Å². The maximum absolute atomic E-state index is 3.33. The topological polar surface area (TPSA) is 18.5 Å². The Kier molecular flexibility index (Phi) is 3.18. The minimum atomic E-state index is 0.893. The van der Waals surface area contributed by atoms with Crippen LogP contribution in [0.2, 0.25) is 0 Å². The fourth-order valence-corrected chi connectivity index (χ4v) is 4.10. The highest BCUT2D eigenvalue weighted by Crippen LogP contribution is 2.33. The Morgan fingerprint density at radius 3 is 2.69 bits per heavy atom. The van der Waals surface area contributed by atoms with Gasteiger partial charge in [-0.25, -0.2) is 0 Å². The van der Waals surface area contributed by atoms with Crippen LogP contribution in [0, 0.1) is 5.92 Å². The normalized spacial score (nSPS) is 40.7. The Bertz CT molecular complexity index is 243. The molecule has 0 saturated carbocycles. The molecule has 0 amide bonds. The molecule has 3 rings (SSSR count). The Labute approximate surface area is 99.2 Å². The van der Waals surface area contributed by atoms with E-state index in [1.165, 1.54) is 58.4 Å². The van der Waals surface area contributed by atoms with Crippen LogP contribution in [-0.2, 0) is 0 Å². The summed E-state index contributed by atoms with van der Waals surface area (Å²) in [5, 5.41) is 3.33. The van der Waals surface area contributed by atoms with Crippen LogP contribution in [-0.4, -0.2) is 61.7 Å². The summed E-state index contributed by atoms with van der Waals surface area (Å²) in [5.74, 6) is 0.903. The first kappa shape index (κ1) is 11.0. The van der Waals surface area contributed by atoms with Crippen molar-refractivity contribution in [2.75, 3.05) is 39.8 Å². The second kappa shape index (κ2) is 4.63. The minimum absolute atomic E-state index is 0.893. The number of hydrogen-bond acceptors (Lipinski definition) is 3.